The third-order valence-electron chi connectivity index (χ3n) is 3.63. The quantitative estimate of drug-likeness (QED) is 0.640. The fourth-order valence-corrected chi connectivity index (χ4v) is 2.92. The minimum Gasteiger partial charge on any atom is -0.307 e. The number of aromatic nitrogens is 2. The van der Waals surface area contributed by atoms with Crippen molar-refractivity contribution in [3.63, 3.8) is 0 Å². The molecule has 0 bridgehead atoms. The third kappa shape index (κ3) is 3.37. The van der Waals surface area contributed by atoms with E-state index in [2.05, 4.69) is 14.7 Å². The van der Waals surface area contributed by atoms with Crippen LogP contribution in [0.15, 0.2) is 53.5 Å². The molecule has 0 saturated heterocycles. The van der Waals surface area contributed by atoms with Crippen molar-refractivity contribution in [2.45, 2.75) is 13.0 Å². The Morgan fingerprint density at radius 1 is 1.17 bits per heavy atom. The fourth-order valence-electron chi connectivity index (χ4n) is 2.48. The summed E-state index contributed by atoms with van der Waals surface area (Å²) in [6.07, 6.45) is 1.65. The van der Waals surface area contributed by atoms with Crippen LogP contribution in [0.4, 0.5) is 0 Å². The predicted molar refractivity (Wildman–Crippen MR) is 90.1 cm³/mol. The van der Waals surface area contributed by atoms with Crippen LogP contribution in [-0.2, 0) is 11.3 Å². The predicted octanol–water partition coefficient (Wildman–Crippen LogP) is 2.38. The standard InChI is InChI=1S/C16H15N3O3S/c1-10(19-23(21)22)11-2-4-12(5-3-11)13-8-9-17-16-14(13)6-7-15(20)18-16/h2-10,19H,1H3,(H,21,22)(H,17,18,20). The zero-order valence-corrected chi connectivity index (χ0v) is 13.1. The van der Waals surface area contributed by atoms with Crippen LogP contribution >= 0.6 is 0 Å². The normalized spacial score (nSPS) is 13.8. The van der Waals surface area contributed by atoms with Crippen molar-refractivity contribution in [1.82, 2.24) is 14.7 Å². The van der Waals surface area contributed by atoms with E-state index < -0.39 is 11.3 Å². The number of aromatic amines is 1. The molecule has 0 amide bonds. The van der Waals surface area contributed by atoms with Gasteiger partial charge in [-0.2, -0.15) is 0 Å². The molecule has 2 unspecified atom stereocenters. The van der Waals surface area contributed by atoms with E-state index in [1.165, 1.54) is 6.07 Å². The molecule has 3 aromatic rings. The summed E-state index contributed by atoms with van der Waals surface area (Å²) < 4.78 is 22.2. The Kier molecular flexibility index (Phi) is 4.33. The second-order valence-electron chi connectivity index (χ2n) is 5.15. The molecule has 0 aliphatic carbocycles. The van der Waals surface area contributed by atoms with E-state index in [4.69, 9.17) is 4.55 Å². The highest BCUT2D eigenvalue weighted by Gasteiger charge is 2.09. The van der Waals surface area contributed by atoms with Crippen molar-refractivity contribution >= 4 is 22.3 Å². The summed E-state index contributed by atoms with van der Waals surface area (Å²) in [5.74, 6) is 0. The minimum atomic E-state index is -2.05. The van der Waals surface area contributed by atoms with Gasteiger partial charge in [0.25, 0.3) is 0 Å². The second-order valence-corrected chi connectivity index (χ2v) is 5.89. The summed E-state index contributed by atoms with van der Waals surface area (Å²) in [6.45, 7) is 1.82. The first kappa shape index (κ1) is 15.5. The largest absolute Gasteiger partial charge is 0.307 e. The number of H-pyrrole nitrogens is 1. The van der Waals surface area contributed by atoms with Crippen LogP contribution in [0.2, 0.25) is 0 Å². The Labute approximate surface area is 135 Å². The number of fused-ring (bicyclic) bond motifs is 1. The summed E-state index contributed by atoms with van der Waals surface area (Å²) in [5, 5.41) is 0.863. The van der Waals surface area contributed by atoms with Crippen LogP contribution in [0, 0.1) is 0 Å². The van der Waals surface area contributed by atoms with Crippen LogP contribution in [0.3, 0.4) is 0 Å². The Bertz CT molecular complexity index is 922. The summed E-state index contributed by atoms with van der Waals surface area (Å²) in [6, 6.07) is 12.6. The van der Waals surface area contributed by atoms with Crippen LogP contribution < -0.4 is 10.3 Å². The summed E-state index contributed by atoms with van der Waals surface area (Å²) >= 11 is -2.05. The van der Waals surface area contributed by atoms with Gasteiger partial charge in [-0.15, -0.1) is 0 Å². The molecule has 2 atom stereocenters. The van der Waals surface area contributed by atoms with E-state index in [9.17, 15) is 9.00 Å². The molecular weight excluding hydrogens is 314 g/mol. The van der Waals surface area contributed by atoms with Crippen molar-refractivity contribution in [3.05, 3.63) is 64.6 Å². The molecule has 0 radical (unpaired) electrons. The fraction of sp³-hybridized carbons (Fsp3) is 0.125. The minimum absolute atomic E-state index is 0.186. The van der Waals surface area contributed by atoms with Gasteiger partial charge < -0.3 is 4.98 Å². The van der Waals surface area contributed by atoms with Crippen LogP contribution in [0.1, 0.15) is 18.5 Å². The Hall–Kier alpha value is -2.35. The van der Waals surface area contributed by atoms with Gasteiger partial charge in [0.2, 0.25) is 16.8 Å². The number of nitrogens with one attached hydrogen (secondary N) is 2. The number of hydrogen-bond acceptors (Lipinski definition) is 3. The zero-order chi connectivity index (χ0) is 16.4. The van der Waals surface area contributed by atoms with E-state index in [1.54, 1.807) is 12.3 Å². The first-order chi connectivity index (χ1) is 11.0. The molecule has 0 spiro atoms. The summed E-state index contributed by atoms with van der Waals surface area (Å²) in [5.41, 5.74) is 3.21. The number of hydrogen-bond donors (Lipinski definition) is 3. The van der Waals surface area contributed by atoms with Gasteiger partial charge in [-0.3, -0.25) is 9.35 Å². The van der Waals surface area contributed by atoms with Gasteiger partial charge in [0, 0.05) is 23.7 Å². The Morgan fingerprint density at radius 2 is 1.91 bits per heavy atom. The average Bonchev–Trinajstić information content (AvgIpc) is 2.53. The van der Waals surface area contributed by atoms with Gasteiger partial charge in [0.05, 0.1) is 0 Å². The highest BCUT2D eigenvalue weighted by Crippen LogP contribution is 2.27. The summed E-state index contributed by atoms with van der Waals surface area (Å²) in [4.78, 5) is 18.3. The molecule has 0 fully saturated rings. The number of rotatable bonds is 4. The highest BCUT2D eigenvalue weighted by molar-refractivity contribution is 7.77. The molecule has 2 heterocycles. The van der Waals surface area contributed by atoms with Crippen LogP contribution in [0.25, 0.3) is 22.2 Å². The van der Waals surface area contributed by atoms with Crippen molar-refractivity contribution in [3.8, 4) is 11.1 Å². The second kappa shape index (κ2) is 6.41. The van der Waals surface area contributed by atoms with Crippen molar-refractivity contribution in [2.24, 2.45) is 0 Å². The van der Waals surface area contributed by atoms with E-state index in [1.807, 2.05) is 37.3 Å². The molecule has 0 saturated carbocycles. The maximum atomic E-state index is 11.4. The van der Waals surface area contributed by atoms with Gasteiger partial charge in [-0.1, -0.05) is 24.3 Å². The van der Waals surface area contributed by atoms with Gasteiger partial charge in [-0.05, 0) is 35.7 Å². The van der Waals surface area contributed by atoms with Gasteiger partial charge >= 0.3 is 0 Å². The molecule has 3 rings (SSSR count). The molecule has 1 aromatic carbocycles. The maximum Gasteiger partial charge on any atom is 0.249 e. The lowest BCUT2D eigenvalue weighted by Crippen LogP contribution is -2.20. The van der Waals surface area contributed by atoms with E-state index in [0.29, 0.717) is 5.65 Å². The van der Waals surface area contributed by atoms with E-state index in [0.717, 1.165) is 22.1 Å². The molecule has 6 nitrogen and oxygen atoms in total. The lowest BCUT2D eigenvalue weighted by molar-refractivity contribution is 0.536. The number of benzene rings is 1. The molecule has 0 aliphatic rings. The molecule has 3 N–H and O–H groups in total. The molecule has 0 aliphatic heterocycles. The number of nitrogens with zero attached hydrogens (tertiary/aromatic N) is 1. The molecule has 23 heavy (non-hydrogen) atoms. The van der Waals surface area contributed by atoms with Gasteiger partial charge in [0.1, 0.15) is 5.65 Å². The first-order valence-corrected chi connectivity index (χ1v) is 8.10. The molecule has 7 heteroatoms. The number of pyridine rings is 2. The molecular formula is C16H15N3O3S. The monoisotopic (exact) mass is 329 g/mol. The van der Waals surface area contributed by atoms with Crippen LogP contribution in [-0.4, -0.2) is 18.7 Å². The van der Waals surface area contributed by atoms with Crippen molar-refractivity contribution in [2.75, 3.05) is 0 Å². The van der Waals surface area contributed by atoms with Crippen molar-refractivity contribution < 1.29 is 8.76 Å². The van der Waals surface area contributed by atoms with Crippen LogP contribution in [0.5, 0.6) is 0 Å². The average molecular weight is 329 g/mol. The van der Waals surface area contributed by atoms with Crippen molar-refractivity contribution in [1.29, 1.82) is 0 Å². The van der Waals surface area contributed by atoms with Gasteiger partial charge in [-0.25, -0.2) is 13.9 Å². The Balaban J connectivity index is 2.00. The lowest BCUT2D eigenvalue weighted by Gasteiger charge is -2.12. The zero-order valence-electron chi connectivity index (χ0n) is 12.3. The maximum absolute atomic E-state index is 11.4. The SMILES string of the molecule is CC(NS(=O)O)c1ccc(-c2ccnc3[nH]c(=O)ccc23)cc1. The lowest BCUT2D eigenvalue weighted by atomic mass is 10.00. The molecule has 2 aromatic heterocycles. The van der Waals surface area contributed by atoms with E-state index in [-0.39, 0.29) is 11.6 Å². The van der Waals surface area contributed by atoms with E-state index >= 15 is 0 Å². The first-order valence-electron chi connectivity index (χ1n) is 7.00. The summed E-state index contributed by atoms with van der Waals surface area (Å²) in [7, 11) is 0. The smallest absolute Gasteiger partial charge is 0.249 e. The topological polar surface area (TPSA) is 95.1 Å². The highest BCUT2D eigenvalue weighted by atomic mass is 32.2. The van der Waals surface area contributed by atoms with Gasteiger partial charge in [0.15, 0.2) is 0 Å². The Morgan fingerprint density at radius 3 is 2.61 bits per heavy atom. The molecule has 118 valence electrons. The third-order valence-corrected chi connectivity index (χ3v) is 4.19.